The maximum absolute atomic E-state index is 6.17. The average Bonchev–Trinajstić information content (AvgIpc) is 2.62. The predicted octanol–water partition coefficient (Wildman–Crippen LogP) is 3.55. The number of nitrogens with one attached hydrogen (secondary N) is 1. The summed E-state index contributed by atoms with van der Waals surface area (Å²) in [7, 11) is 0. The molecule has 1 aromatic heterocycles. The van der Waals surface area contributed by atoms with Crippen molar-refractivity contribution in [2.24, 2.45) is 0 Å². The Morgan fingerprint density at radius 2 is 2.35 bits per heavy atom. The van der Waals surface area contributed by atoms with Crippen molar-refractivity contribution in [2.75, 3.05) is 13.2 Å². The normalized spacial score (nSPS) is 10.9. The molecule has 0 spiro atoms. The van der Waals surface area contributed by atoms with E-state index in [9.17, 15) is 0 Å². The largest absolute Gasteiger partial charge is 0.376 e. The van der Waals surface area contributed by atoms with E-state index in [0.717, 1.165) is 11.0 Å². The highest BCUT2D eigenvalue weighted by molar-refractivity contribution is 7.71. The minimum Gasteiger partial charge on any atom is -0.376 e. The molecule has 17 heavy (non-hydrogen) atoms. The van der Waals surface area contributed by atoms with Gasteiger partial charge in [-0.25, -0.2) is 0 Å². The number of fused-ring (bicyclic) bond motifs is 1. The SMILES string of the molecule is C=CCOCCn1c(=S)[nH]c2cccc(Cl)c21. The zero-order valence-electron chi connectivity index (χ0n) is 9.28. The van der Waals surface area contributed by atoms with Gasteiger partial charge in [-0.05, 0) is 24.4 Å². The van der Waals surface area contributed by atoms with Gasteiger partial charge in [0, 0.05) is 6.54 Å². The first kappa shape index (κ1) is 12.4. The third-order valence-electron chi connectivity index (χ3n) is 2.44. The van der Waals surface area contributed by atoms with Gasteiger partial charge in [0.15, 0.2) is 4.77 Å². The molecule has 2 aromatic rings. The van der Waals surface area contributed by atoms with Crippen LogP contribution in [0.1, 0.15) is 0 Å². The minimum absolute atomic E-state index is 0.545. The summed E-state index contributed by atoms with van der Waals surface area (Å²) in [5.41, 5.74) is 1.88. The van der Waals surface area contributed by atoms with Gasteiger partial charge >= 0.3 is 0 Å². The second-order valence-corrected chi connectivity index (χ2v) is 4.38. The van der Waals surface area contributed by atoms with Gasteiger partial charge in [-0.3, -0.25) is 0 Å². The van der Waals surface area contributed by atoms with Gasteiger partial charge in [0.05, 0.1) is 29.3 Å². The Balaban J connectivity index is 2.29. The number of para-hydroxylation sites is 1. The molecule has 1 aromatic carbocycles. The Morgan fingerprint density at radius 1 is 1.53 bits per heavy atom. The zero-order chi connectivity index (χ0) is 12.3. The second kappa shape index (κ2) is 5.49. The number of halogens is 1. The standard InChI is InChI=1S/C12H13ClN2OS/c1-2-7-16-8-6-15-11-9(13)4-3-5-10(11)14-12(15)17/h2-5H,1,6-8H2,(H,14,17). The van der Waals surface area contributed by atoms with E-state index in [1.165, 1.54) is 0 Å². The summed E-state index contributed by atoms with van der Waals surface area (Å²) < 4.78 is 7.97. The highest BCUT2D eigenvalue weighted by Crippen LogP contribution is 2.23. The maximum atomic E-state index is 6.17. The van der Waals surface area contributed by atoms with Gasteiger partial charge in [-0.15, -0.1) is 6.58 Å². The molecular weight excluding hydrogens is 256 g/mol. The lowest BCUT2D eigenvalue weighted by Gasteiger charge is -2.05. The number of H-pyrrole nitrogens is 1. The van der Waals surface area contributed by atoms with Crippen molar-refractivity contribution in [1.82, 2.24) is 9.55 Å². The van der Waals surface area contributed by atoms with Crippen molar-refractivity contribution < 1.29 is 4.74 Å². The number of ether oxygens (including phenoxy) is 1. The van der Waals surface area contributed by atoms with Gasteiger partial charge in [0.2, 0.25) is 0 Å². The Kier molecular flexibility index (Phi) is 3.99. The van der Waals surface area contributed by atoms with E-state index in [-0.39, 0.29) is 0 Å². The molecule has 0 unspecified atom stereocenters. The molecule has 0 saturated carbocycles. The summed E-state index contributed by atoms with van der Waals surface area (Å²) >= 11 is 11.4. The number of hydrogen-bond donors (Lipinski definition) is 1. The van der Waals surface area contributed by atoms with E-state index in [2.05, 4.69) is 11.6 Å². The zero-order valence-corrected chi connectivity index (χ0v) is 10.9. The van der Waals surface area contributed by atoms with Crippen LogP contribution in [0.15, 0.2) is 30.9 Å². The van der Waals surface area contributed by atoms with Crippen LogP contribution in [0, 0.1) is 4.77 Å². The van der Waals surface area contributed by atoms with Crippen LogP contribution in [0.4, 0.5) is 0 Å². The number of aromatic amines is 1. The van der Waals surface area contributed by atoms with Crippen LogP contribution in [0.5, 0.6) is 0 Å². The molecule has 0 bridgehead atoms. The molecule has 0 aliphatic heterocycles. The van der Waals surface area contributed by atoms with Crippen LogP contribution in [-0.4, -0.2) is 22.8 Å². The number of hydrogen-bond acceptors (Lipinski definition) is 2. The molecule has 0 fully saturated rings. The summed E-state index contributed by atoms with van der Waals surface area (Å²) in [6, 6.07) is 5.71. The molecule has 0 amide bonds. The van der Waals surface area contributed by atoms with Gasteiger partial charge in [0.1, 0.15) is 0 Å². The summed E-state index contributed by atoms with van der Waals surface area (Å²) in [6.45, 7) is 5.40. The maximum Gasteiger partial charge on any atom is 0.178 e. The third-order valence-corrected chi connectivity index (χ3v) is 3.07. The number of benzene rings is 1. The molecule has 5 heteroatoms. The molecule has 0 aliphatic carbocycles. The highest BCUT2D eigenvalue weighted by atomic mass is 35.5. The molecule has 90 valence electrons. The number of rotatable bonds is 5. The lowest BCUT2D eigenvalue weighted by Crippen LogP contribution is -2.06. The van der Waals surface area contributed by atoms with E-state index < -0.39 is 0 Å². The van der Waals surface area contributed by atoms with Crippen LogP contribution in [0.2, 0.25) is 5.02 Å². The van der Waals surface area contributed by atoms with Gasteiger partial charge in [-0.1, -0.05) is 23.7 Å². The first-order chi connectivity index (χ1) is 8.24. The van der Waals surface area contributed by atoms with Crippen LogP contribution in [-0.2, 0) is 11.3 Å². The van der Waals surface area contributed by atoms with E-state index in [1.54, 1.807) is 6.08 Å². The smallest absolute Gasteiger partial charge is 0.178 e. The average molecular weight is 269 g/mol. The van der Waals surface area contributed by atoms with Crippen molar-refractivity contribution in [3.05, 3.63) is 40.6 Å². The topological polar surface area (TPSA) is 29.9 Å². The number of aromatic nitrogens is 2. The Hall–Kier alpha value is -1.10. The Bertz CT molecular complexity index is 588. The molecule has 1 N–H and O–H groups in total. The van der Waals surface area contributed by atoms with E-state index >= 15 is 0 Å². The predicted molar refractivity (Wildman–Crippen MR) is 73.1 cm³/mol. The van der Waals surface area contributed by atoms with Crippen molar-refractivity contribution in [2.45, 2.75) is 6.54 Å². The quantitative estimate of drug-likeness (QED) is 0.511. The third kappa shape index (κ3) is 2.60. The fraction of sp³-hybridized carbons (Fsp3) is 0.250. The summed E-state index contributed by atoms with van der Waals surface area (Å²) in [4.78, 5) is 3.13. The molecular formula is C12H13ClN2OS. The van der Waals surface area contributed by atoms with Crippen LogP contribution in [0.3, 0.4) is 0 Å². The Labute approximate surface area is 110 Å². The highest BCUT2D eigenvalue weighted by Gasteiger charge is 2.07. The molecule has 2 rings (SSSR count). The van der Waals surface area contributed by atoms with E-state index in [4.69, 9.17) is 28.6 Å². The van der Waals surface area contributed by atoms with E-state index in [1.807, 2.05) is 22.8 Å². The van der Waals surface area contributed by atoms with Crippen LogP contribution in [0.25, 0.3) is 11.0 Å². The fourth-order valence-corrected chi connectivity index (χ4v) is 2.28. The van der Waals surface area contributed by atoms with Crippen LogP contribution < -0.4 is 0 Å². The summed E-state index contributed by atoms with van der Waals surface area (Å²) in [5.74, 6) is 0. The molecule has 0 aliphatic rings. The lowest BCUT2D eigenvalue weighted by atomic mass is 10.3. The van der Waals surface area contributed by atoms with Crippen LogP contribution >= 0.6 is 23.8 Å². The molecule has 0 saturated heterocycles. The summed E-state index contributed by atoms with van der Waals surface area (Å²) in [5, 5.41) is 0.693. The molecule has 3 nitrogen and oxygen atoms in total. The van der Waals surface area contributed by atoms with Crippen molar-refractivity contribution in [3.8, 4) is 0 Å². The Morgan fingerprint density at radius 3 is 3.12 bits per heavy atom. The van der Waals surface area contributed by atoms with Gasteiger partial charge < -0.3 is 14.3 Å². The monoisotopic (exact) mass is 268 g/mol. The van der Waals surface area contributed by atoms with Crippen molar-refractivity contribution in [3.63, 3.8) is 0 Å². The van der Waals surface area contributed by atoms with Gasteiger partial charge in [-0.2, -0.15) is 0 Å². The van der Waals surface area contributed by atoms with E-state index in [0.29, 0.717) is 29.6 Å². The second-order valence-electron chi connectivity index (χ2n) is 3.58. The summed E-state index contributed by atoms with van der Waals surface area (Å²) in [6.07, 6.45) is 1.72. The lowest BCUT2D eigenvalue weighted by molar-refractivity contribution is 0.154. The number of imidazole rings is 1. The fourth-order valence-electron chi connectivity index (χ4n) is 1.71. The molecule has 1 heterocycles. The van der Waals surface area contributed by atoms with Gasteiger partial charge in [0.25, 0.3) is 0 Å². The number of nitrogens with zero attached hydrogens (tertiary/aromatic N) is 1. The molecule has 0 radical (unpaired) electrons. The first-order valence-corrected chi connectivity index (χ1v) is 6.08. The minimum atomic E-state index is 0.545. The first-order valence-electron chi connectivity index (χ1n) is 5.29. The van der Waals surface area contributed by atoms with Crippen molar-refractivity contribution >= 4 is 34.9 Å². The molecule has 0 atom stereocenters. The van der Waals surface area contributed by atoms with Crippen molar-refractivity contribution in [1.29, 1.82) is 0 Å².